The van der Waals surface area contributed by atoms with Gasteiger partial charge in [-0.3, -0.25) is 4.90 Å². The number of aryl methyl sites for hydroxylation is 1. The fourth-order valence-corrected chi connectivity index (χ4v) is 4.18. The average Bonchev–Trinajstić information content (AvgIpc) is 3.33. The zero-order valence-electron chi connectivity index (χ0n) is 18.8. The Bertz CT molecular complexity index is 1380. The van der Waals surface area contributed by atoms with Gasteiger partial charge in [0.2, 0.25) is 5.82 Å². The minimum Gasteiger partial charge on any atom is -0.334 e. The number of urea groups is 1. The second kappa shape index (κ2) is 8.94. The summed E-state index contributed by atoms with van der Waals surface area (Å²) in [4.78, 5) is 19.5. The van der Waals surface area contributed by atoms with E-state index in [1.54, 1.807) is 17.0 Å². The van der Waals surface area contributed by atoms with E-state index < -0.39 is 6.04 Å². The molecule has 34 heavy (non-hydrogen) atoms. The van der Waals surface area contributed by atoms with Crippen LogP contribution in [0.3, 0.4) is 0 Å². The van der Waals surface area contributed by atoms with E-state index in [9.17, 15) is 9.18 Å². The molecule has 2 amide bonds. The topological polar surface area (TPSA) is 71.3 Å². The Labute approximate surface area is 196 Å². The Kier molecular flexibility index (Phi) is 5.67. The molecule has 4 aromatic rings. The van der Waals surface area contributed by atoms with Gasteiger partial charge in [0.25, 0.3) is 5.89 Å². The number of rotatable bonds is 5. The average molecular weight is 455 g/mol. The Morgan fingerprint density at radius 2 is 1.76 bits per heavy atom. The third-order valence-electron chi connectivity index (χ3n) is 6.06. The van der Waals surface area contributed by atoms with Crippen molar-refractivity contribution in [2.24, 2.45) is 0 Å². The van der Waals surface area contributed by atoms with Crippen molar-refractivity contribution < 1.29 is 13.7 Å². The molecule has 1 aromatic heterocycles. The number of carbonyl (C=O) groups is 1. The number of nitrogens with zero attached hydrogens (tertiary/aromatic N) is 3. The van der Waals surface area contributed by atoms with E-state index in [-0.39, 0.29) is 23.6 Å². The van der Waals surface area contributed by atoms with Crippen LogP contribution in [0.5, 0.6) is 0 Å². The molecule has 0 bridgehead atoms. The first-order chi connectivity index (χ1) is 16.5. The number of aromatic nitrogens is 2. The lowest BCUT2D eigenvalue weighted by Gasteiger charge is -2.35. The number of nitrogens with one attached hydrogen (secondary N) is 1. The minimum absolute atomic E-state index is 0.205. The largest absolute Gasteiger partial charge is 0.334 e. The van der Waals surface area contributed by atoms with Gasteiger partial charge in [0.1, 0.15) is 5.82 Å². The lowest BCUT2D eigenvalue weighted by atomic mass is 9.94. The lowest BCUT2D eigenvalue weighted by Crippen LogP contribution is -2.45. The number of halogens is 1. The molecule has 0 radical (unpaired) electrons. The SMILES string of the molecule is CC1=C(c2nc(-c3cccc(F)c3)no2)C(c2ccccc2)NC(=O)N1Cc1ccccc1C. The van der Waals surface area contributed by atoms with Crippen LogP contribution in [-0.4, -0.2) is 21.1 Å². The van der Waals surface area contributed by atoms with Crippen molar-refractivity contribution in [1.29, 1.82) is 0 Å². The standard InChI is InChI=1S/C27H23FN4O2/c1-17-9-6-7-12-21(17)16-32-18(2)23(24(29-27(32)33)19-10-4-3-5-11-19)26-30-25(31-34-26)20-13-8-14-22(28)15-20/h3-15,24H,16H2,1-2H3,(H,29,33). The van der Waals surface area contributed by atoms with Crippen LogP contribution in [0.2, 0.25) is 0 Å². The molecule has 0 saturated carbocycles. The van der Waals surface area contributed by atoms with Crippen LogP contribution < -0.4 is 5.32 Å². The highest BCUT2D eigenvalue weighted by Gasteiger charge is 2.35. The van der Waals surface area contributed by atoms with Gasteiger partial charge in [-0.15, -0.1) is 0 Å². The second-order valence-corrected chi connectivity index (χ2v) is 8.24. The molecule has 1 unspecified atom stereocenters. The first-order valence-electron chi connectivity index (χ1n) is 11.0. The summed E-state index contributed by atoms with van der Waals surface area (Å²) >= 11 is 0. The van der Waals surface area contributed by atoms with Crippen LogP contribution in [0.15, 0.2) is 89.1 Å². The maximum absolute atomic E-state index is 13.7. The highest BCUT2D eigenvalue weighted by atomic mass is 19.1. The Balaban J connectivity index is 1.61. The van der Waals surface area contributed by atoms with E-state index in [2.05, 4.69) is 15.5 Å². The number of carbonyl (C=O) groups excluding carboxylic acids is 1. The summed E-state index contributed by atoms with van der Waals surface area (Å²) in [6.07, 6.45) is 0. The fraction of sp³-hybridized carbons (Fsp3) is 0.148. The number of hydrogen-bond acceptors (Lipinski definition) is 4. The van der Waals surface area contributed by atoms with Crippen LogP contribution in [-0.2, 0) is 6.54 Å². The molecule has 0 aliphatic carbocycles. The molecule has 7 heteroatoms. The molecule has 1 N–H and O–H groups in total. The fourth-order valence-electron chi connectivity index (χ4n) is 4.18. The quantitative estimate of drug-likeness (QED) is 0.409. The summed E-state index contributed by atoms with van der Waals surface area (Å²) in [6, 6.07) is 23.0. The molecule has 0 fully saturated rings. The van der Waals surface area contributed by atoms with Crippen molar-refractivity contribution in [2.45, 2.75) is 26.4 Å². The smallest absolute Gasteiger partial charge is 0.322 e. The Morgan fingerprint density at radius 1 is 1.00 bits per heavy atom. The molecule has 6 nitrogen and oxygen atoms in total. The van der Waals surface area contributed by atoms with Crippen LogP contribution in [0.1, 0.15) is 35.5 Å². The van der Waals surface area contributed by atoms with Gasteiger partial charge < -0.3 is 9.84 Å². The highest BCUT2D eigenvalue weighted by Crippen LogP contribution is 2.38. The van der Waals surface area contributed by atoms with Gasteiger partial charge in [-0.1, -0.05) is 71.9 Å². The summed E-state index contributed by atoms with van der Waals surface area (Å²) in [5.41, 5.74) is 4.97. The van der Waals surface area contributed by atoms with Crippen LogP contribution >= 0.6 is 0 Å². The summed E-state index contributed by atoms with van der Waals surface area (Å²) in [5, 5.41) is 7.19. The van der Waals surface area contributed by atoms with Gasteiger partial charge in [-0.05, 0) is 42.7 Å². The van der Waals surface area contributed by atoms with Gasteiger partial charge in [0.05, 0.1) is 18.2 Å². The van der Waals surface area contributed by atoms with Crippen LogP contribution in [0, 0.1) is 12.7 Å². The molecule has 5 rings (SSSR count). The normalized spacial score (nSPS) is 16.0. The summed E-state index contributed by atoms with van der Waals surface area (Å²) in [6.45, 7) is 4.31. The van der Waals surface area contributed by atoms with Crippen molar-refractivity contribution in [3.8, 4) is 11.4 Å². The number of benzene rings is 3. The van der Waals surface area contributed by atoms with Crippen LogP contribution in [0.4, 0.5) is 9.18 Å². The molecule has 170 valence electrons. The zero-order chi connectivity index (χ0) is 23.7. The molecular weight excluding hydrogens is 431 g/mol. The zero-order valence-corrected chi connectivity index (χ0v) is 18.8. The Morgan fingerprint density at radius 3 is 2.53 bits per heavy atom. The maximum Gasteiger partial charge on any atom is 0.322 e. The van der Waals surface area contributed by atoms with Gasteiger partial charge in [-0.25, -0.2) is 9.18 Å². The first kappa shape index (κ1) is 21.6. The van der Waals surface area contributed by atoms with E-state index >= 15 is 0 Å². The van der Waals surface area contributed by atoms with Gasteiger partial charge in [0.15, 0.2) is 0 Å². The Hall–Kier alpha value is -4.26. The molecule has 3 aromatic carbocycles. The highest BCUT2D eigenvalue weighted by molar-refractivity contribution is 5.86. The maximum atomic E-state index is 13.7. The van der Waals surface area contributed by atoms with Crippen molar-refractivity contribution in [2.75, 3.05) is 0 Å². The predicted octanol–water partition coefficient (Wildman–Crippen LogP) is 5.88. The molecule has 0 saturated heterocycles. The van der Waals surface area contributed by atoms with Crippen molar-refractivity contribution in [1.82, 2.24) is 20.4 Å². The summed E-state index contributed by atoms with van der Waals surface area (Å²) in [5.74, 6) is 0.181. The lowest BCUT2D eigenvalue weighted by molar-refractivity contribution is 0.203. The van der Waals surface area contributed by atoms with E-state index in [0.29, 0.717) is 17.7 Å². The van der Waals surface area contributed by atoms with Gasteiger partial charge >= 0.3 is 6.03 Å². The molecule has 1 atom stereocenters. The van der Waals surface area contributed by atoms with Gasteiger partial charge in [0, 0.05) is 11.3 Å². The third-order valence-corrected chi connectivity index (χ3v) is 6.06. The van der Waals surface area contributed by atoms with Crippen molar-refractivity contribution in [3.05, 3.63) is 113 Å². The summed E-state index contributed by atoms with van der Waals surface area (Å²) in [7, 11) is 0. The monoisotopic (exact) mass is 454 g/mol. The minimum atomic E-state index is -0.470. The number of amides is 2. The number of hydrogen-bond donors (Lipinski definition) is 1. The summed E-state index contributed by atoms with van der Waals surface area (Å²) < 4.78 is 19.4. The van der Waals surface area contributed by atoms with Crippen molar-refractivity contribution >= 4 is 11.6 Å². The molecule has 2 heterocycles. The van der Waals surface area contributed by atoms with Crippen molar-refractivity contribution in [3.63, 3.8) is 0 Å². The number of allylic oxidation sites excluding steroid dienone is 1. The predicted molar refractivity (Wildman–Crippen MR) is 127 cm³/mol. The van der Waals surface area contributed by atoms with Crippen LogP contribution in [0.25, 0.3) is 17.0 Å². The van der Waals surface area contributed by atoms with Gasteiger partial charge in [-0.2, -0.15) is 4.98 Å². The molecule has 1 aliphatic rings. The third kappa shape index (κ3) is 4.08. The van der Waals surface area contributed by atoms with E-state index in [1.807, 2.05) is 68.4 Å². The molecule has 1 aliphatic heterocycles. The van der Waals surface area contributed by atoms with E-state index in [1.165, 1.54) is 12.1 Å². The van der Waals surface area contributed by atoms with E-state index in [0.717, 1.165) is 22.4 Å². The first-order valence-corrected chi connectivity index (χ1v) is 11.0. The van der Waals surface area contributed by atoms with E-state index in [4.69, 9.17) is 4.52 Å². The second-order valence-electron chi connectivity index (χ2n) is 8.24. The molecule has 0 spiro atoms. The molecular formula is C27H23FN4O2.